The Kier molecular flexibility index (Phi) is 4.22. The smallest absolute Gasteiger partial charge is 0.410 e. The van der Waals surface area contributed by atoms with Gasteiger partial charge in [0.15, 0.2) is 0 Å². The molecule has 1 amide bonds. The molecule has 2 aromatic carbocycles. The number of nitrogens with zero attached hydrogens (tertiary/aromatic N) is 1. The fourth-order valence-corrected chi connectivity index (χ4v) is 4.19. The third kappa shape index (κ3) is 2.71. The van der Waals surface area contributed by atoms with Crippen molar-refractivity contribution in [2.24, 2.45) is 5.92 Å². The van der Waals surface area contributed by atoms with Gasteiger partial charge in [-0.3, -0.25) is 0 Å². The normalized spacial score (nSPS) is 21.9. The quantitative estimate of drug-likeness (QED) is 0.930. The molecule has 1 aliphatic carbocycles. The molecule has 0 radical (unpaired) electrons. The van der Waals surface area contributed by atoms with E-state index < -0.39 is 0 Å². The number of aliphatic hydroxyl groups is 1. The summed E-state index contributed by atoms with van der Waals surface area (Å²) >= 11 is 0. The molecule has 2 unspecified atom stereocenters. The average Bonchev–Trinajstić information content (AvgIpc) is 3.18. The van der Waals surface area contributed by atoms with Crippen molar-refractivity contribution in [1.29, 1.82) is 0 Å². The van der Waals surface area contributed by atoms with Gasteiger partial charge < -0.3 is 14.7 Å². The highest BCUT2D eigenvalue weighted by Crippen LogP contribution is 2.44. The van der Waals surface area contributed by atoms with Crippen LogP contribution in [0.4, 0.5) is 4.79 Å². The molecule has 2 aromatic rings. The Morgan fingerprint density at radius 1 is 1.12 bits per heavy atom. The Bertz CT molecular complexity index is 743. The maximum absolute atomic E-state index is 12.5. The number of fused-ring (bicyclic) bond motifs is 3. The molecule has 1 heterocycles. The maximum Gasteiger partial charge on any atom is 0.410 e. The molecule has 130 valence electrons. The van der Waals surface area contributed by atoms with Crippen molar-refractivity contribution in [2.75, 3.05) is 19.8 Å². The first kappa shape index (κ1) is 16.2. The Morgan fingerprint density at radius 2 is 1.72 bits per heavy atom. The van der Waals surface area contributed by atoms with E-state index in [4.69, 9.17) is 4.74 Å². The molecule has 4 rings (SSSR count). The Hall–Kier alpha value is -2.33. The molecule has 0 bridgehead atoms. The van der Waals surface area contributed by atoms with Crippen molar-refractivity contribution in [1.82, 2.24) is 4.90 Å². The highest BCUT2D eigenvalue weighted by Gasteiger charge is 2.36. The second kappa shape index (κ2) is 6.52. The fourth-order valence-electron chi connectivity index (χ4n) is 4.19. The van der Waals surface area contributed by atoms with E-state index in [2.05, 4.69) is 31.2 Å². The molecule has 0 aromatic heterocycles. The van der Waals surface area contributed by atoms with Gasteiger partial charge in [0.05, 0.1) is 12.6 Å². The summed E-state index contributed by atoms with van der Waals surface area (Å²) in [6.45, 7) is 3.04. The number of rotatable bonds is 3. The van der Waals surface area contributed by atoms with Crippen molar-refractivity contribution in [3.63, 3.8) is 0 Å². The summed E-state index contributed by atoms with van der Waals surface area (Å²) in [6, 6.07) is 16.5. The van der Waals surface area contributed by atoms with Crippen LogP contribution in [0.1, 0.15) is 30.4 Å². The number of hydrogen-bond donors (Lipinski definition) is 1. The number of hydrogen-bond acceptors (Lipinski definition) is 3. The van der Waals surface area contributed by atoms with E-state index in [0.717, 1.165) is 6.42 Å². The zero-order chi connectivity index (χ0) is 17.4. The van der Waals surface area contributed by atoms with Crippen LogP contribution in [0.25, 0.3) is 11.1 Å². The van der Waals surface area contributed by atoms with Gasteiger partial charge in [0.25, 0.3) is 0 Å². The van der Waals surface area contributed by atoms with Crippen molar-refractivity contribution < 1.29 is 14.6 Å². The minimum absolute atomic E-state index is 0.00857. The van der Waals surface area contributed by atoms with Gasteiger partial charge in [-0.15, -0.1) is 0 Å². The highest BCUT2D eigenvalue weighted by molar-refractivity contribution is 5.79. The topological polar surface area (TPSA) is 49.8 Å². The number of likely N-dealkylation sites (tertiary alicyclic amines) is 1. The van der Waals surface area contributed by atoms with E-state index in [9.17, 15) is 9.90 Å². The molecule has 25 heavy (non-hydrogen) atoms. The molecule has 1 aliphatic heterocycles. The first-order valence-corrected chi connectivity index (χ1v) is 8.93. The molecule has 2 aliphatic rings. The number of carbonyl (C=O) groups excluding carboxylic acids is 1. The lowest BCUT2D eigenvalue weighted by Gasteiger charge is -2.25. The SMILES string of the molecule is CC1CCN(C(=O)OCC2c3ccccc3-c3ccccc32)C1CO. The van der Waals surface area contributed by atoms with Gasteiger partial charge in [-0.25, -0.2) is 4.79 Å². The van der Waals surface area contributed by atoms with Crippen LogP contribution in [0.5, 0.6) is 0 Å². The van der Waals surface area contributed by atoms with Gasteiger partial charge >= 0.3 is 6.09 Å². The zero-order valence-electron chi connectivity index (χ0n) is 14.4. The third-order valence-electron chi connectivity index (χ3n) is 5.64. The lowest BCUT2D eigenvalue weighted by atomic mass is 9.98. The lowest BCUT2D eigenvalue weighted by Crippen LogP contribution is -2.40. The summed E-state index contributed by atoms with van der Waals surface area (Å²) < 4.78 is 5.68. The van der Waals surface area contributed by atoms with Gasteiger partial charge in [0.2, 0.25) is 0 Å². The van der Waals surface area contributed by atoms with E-state index in [1.807, 2.05) is 24.3 Å². The minimum Gasteiger partial charge on any atom is -0.448 e. The summed E-state index contributed by atoms with van der Waals surface area (Å²) in [5, 5.41) is 9.55. The predicted octanol–water partition coefficient (Wildman–Crippen LogP) is 3.64. The van der Waals surface area contributed by atoms with E-state index >= 15 is 0 Å². The van der Waals surface area contributed by atoms with Gasteiger partial charge in [0.1, 0.15) is 6.61 Å². The van der Waals surface area contributed by atoms with E-state index in [-0.39, 0.29) is 24.7 Å². The van der Waals surface area contributed by atoms with Crippen molar-refractivity contribution in [2.45, 2.75) is 25.3 Å². The second-order valence-corrected chi connectivity index (χ2v) is 7.01. The molecular weight excluding hydrogens is 314 g/mol. The first-order chi connectivity index (χ1) is 12.2. The summed E-state index contributed by atoms with van der Waals surface area (Å²) in [5.74, 6) is 0.384. The average molecular weight is 337 g/mol. The first-order valence-electron chi connectivity index (χ1n) is 8.93. The van der Waals surface area contributed by atoms with E-state index in [0.29, 0.717) is 19.1 Å². The lowest BCUT2D eigenvalue weighted by molar-refractivity contribution is 0.0768. The Balaban J connectivity index is 1.53. The van der Waals surface area contributed by atoms with Crippen LogP contribution < -0.4 is 0 Å². The van der Waals surface area contributed by atoms with Gasteiger partial charge in [-0.1, -0.05) is 55.5 Å². The molecular formula is C21H23NO3. The molecule has 1 saturated heterocycles. The van der Waals surface area contributed by atoms with Crippen LogP contribution in [-0.4, -0.2) is 41.9 Å². The number of benzene rings is 2. The number of ether oxygens (including phenoxy) is 1. The predicted molar refractivity (Wildman–Crippen MR) is 96.4 cm³/mol. The zero-order valence-corrected chi connectivity index (χ0v) is 14.4. The maximum atomic E-state index is 12.5. The Morgan fingerprint density at radius 3 is 2.32 bits per heavy atom. The summed E-state index contributed by atoms with van der Waals surface area (Å²) in [4.78, 5) is 14.2. The van der Waals surface area contributed by atoms with Crippen molar-refractivity contribution in [3.8, 4) is 11.1 Å². The number of aliphatic hydroxyl groups excluding tert-OH is 1. The van der Waals surface area contributed by atoms with Crippen LogP contribution >= 0.6 is 0 Å². The molecule has 4 nitrogen and oxygen atoms in total. The van der Waals surface area contributed by atoms with Crippen LogP contribution in [0, 0.1) is 5.92 Å². The largest absolute Gasteiger partial charge is 0.448 e. The monoisotopic (exact) mass is 337 g/mol. The van der Waals surface area contributed by atoms with Crippen LogP contribution in [0.3, 0.4) is 0 Å². The van der Waals surface area contributed by atoms with E-state index in [1.165, 1.54) is 22.3 Å². The summed E-state index contributed by atoms with van der Waals surface area (Å²) in [6.07, 6.45) is 0.598. The molecule has 4 heteroatoms. The number of carbonyl (C=O) groups is 1. The molecule has 1 fully saturated rings. The fraction of sp³-hybridized carbons (Fsp3) is 0.381. The van der Waals surface area contributed by atoms with Crippen LogP contribution in [0.15, 0.2) is 48.5 Å². The van der Waals surface area contributed by atoms with Gasteiger partial charge in [0, 0.05) is 12.5 Å². The molecule has 0 saturated carbocycles. The van der Waals surface area contributed by atoms with Crippen LogP contribution in [0.2, 0.25) is 0 Å². The van der Waals surface area contributed by atoms with Gasteiger partial charge in [-0.2, -0.15) is 0 Å². The van der Waals surface area contributed by atoms with Gasteiger partial charge in [-0.05, 0) is 34.6 Å². The third-order valence-corrected chi connectivity index (χ3v) is 5.64. The minimum atomic E-state index is -0.315. The van der Waals surface area contributed by atoms with Crippen LogP contribution in [-0.2, 0) is 4.74 Å². The van der Waals surface area contributed by atoms with Crippen molar-refractivity contribution >= 4 is 6.09 Å². The number of amides is 1. The highest BCUT2D eigenvalue weighted by atomic mass is 16.6. The standard InChI is InChI=1S/C21H23NO3/c1-14-10-11-22(20(14)12-23)21(24)25-13-19-17-8-4-2-6-15(17)16-7-3-5-9-18(16)19/h2-9,14,19-20,23H,10-13H2,1H3. The summed E-state index contributed by atoms with van der Waals surface area (Å²) in [5.41, 5.74) is 4.87. The molecule has 2 atom stereocenters. The molecule has 0 spiro atoms. The molecule has 1 N–H and O–H groups in total. The summed E-state index contributed by atoms with van der Waals surface area (Å²) in [7, 11) is 0. The Labute approximate surface area is 148 Å². The van der Waals surface area contributed by atoms with E-state index in [1.54, 1.807) is 4.90 Å². The second-order valence-electron chi connectivity index (χ2n) is 7.01. The van der Waals surface area contributed by atoms with Crippen molar-refractivity contribution in [3.05, 3.63) is 59.7 Å².